The van der Waals surface area contributed by atoms with Crippen molar-refractivity contribution in [3.8, 4) is 0 Å². The predicted molar refractivity (Wildman–Crippen MR) is 91.5 cm³/mol. The number of amides is 5. The van der Waals surface area contributed by atoms with Crippen molar-refractivity contribution < 1.29 is 19.2 Å². The van der Waals surface area contributed by atoms with Gasteiger partial charge in [-0.15, -0.1) is 0 Å². The van der Waals surface area contributed by atoms with Crippen molar-refractivity contribution in [1.82, 2.24) is 15.1 Å². The molecule has 25 heavy (non-hydrogen) atoms. The molecule has 0 spiro atoms. The Balaban J connectivity index is 1.84. The van der Waals surface area contributed by atoms with E-state index in [0.717, 1.165) is 17.7 Å². The molecule has 1 saturated heterocycles. The van der Waals surface area contributed by atoms with Gasteiger partial charge in [-0.05, 0) is 31.7 Å². The van der Waals surface area contributed by atoms with Crippen LogP contribution in [0.1, 0.15) is 32.3 Å². The number of urea groups is 1. The standard InChI is InChI=1S/C18H23N3O4/c1-3-11-20-16(23)17(24)21(18(20)25)12-15(22)19-13(2)9-10-14-7-5-4-6-8-14/h4-8,13H,3,9-12H2,1-2H3,(H,19,22)/t13-/m0/s1. The second-order valence-corrected chi connectivity index (χ2v) is 6.12. The van der Waals surface area contributed by atoms with E-state index in [1.165, 1.54) is 5.56 Å². The molecule has 1 aromatic rings. The van der Waals surface area contributed by atoms with Gasteiger partial charge in [0.1, 0.15) is 6.54 Å². The monoisotopic (exact) mass is 345 g/mol. The van der Waals surface area contributed by atoms with Gasteiger partial charge in [-0.25, -0.2) is 9.69 Å². The molecule has 1 fully saturated rings. The van der Waals surface area contributed by atoms with Crippen LogP contribution in [0, 0.1) is 0 Å². The Morgan fingerprint density at radius 1 is 1.08 bits per heavy atom. The van der Waals surface area contributed by atoms with E-state index in [9.17, 15) is 19.2 Å². The van der Waals surface area contributed by atoms with Crippen LogP contribution in [0.25, 0.3) is 0 Å². The molecule has 2 rings (SSSR count). The van der Waals surface area contributed by atoms with Crippen LogP contribution in [0.15, 0.2) is 30.3 Å². The van der Waals surface area contributed by atoms with E-state index >= 15 is 0 Å². The Bertz CT molecular complexity index is 660. The maximum absolute atomic E-state index is 12.1. The molecule has 0 saturated carbocycles. The fourth-order valence-electron chi connectivity index (χ4n) is 2.67. The maximum Gasteiger partial charge on any atom is 0.334 e. The Labute approximate surface area is 147 Å². The number of hydrogen-bond acceptors (Lipinski definition) is 4. The molecule has 7 nitrogen and oxygen atoms in total. The van der Waals surface area contributed by atoms with E-state index in [2.05, 4.69) is 5.32 Å². The number of carbonyl (C=O) groups is 4. The quantitative estimate of drug-likeness (QED) is 0.569. The van der Waals surface area contributed by atoms with Crippen LogP contribution in [-0.2, 0) is 20.8 Å². The minimum absolute atomic E-state index is 0.108. The van der Waals surface area contributed by atoms with Crippen molar-refractivity contribution in [3.05, 3.63) is 35.9 Å². The number of nitrogens with zero attached hydrogens (tertiary/aromatic N) is 2. The van der Waals surface area contributed by atoms with Gasteiger partial charge >= 0.3 is 17.8 Å². The number of aryl methyl sites for hydroxylation is 1. The minimum atomic E-state index is -0.939. The van der Waals surface area contributed by atoms with Crippen molar-refractivity contribution in [2.75, 3.05) is 13.1 Å². The van der Waals surface area contributed by atoms with E-state index in [0.29, 0.717) is 11.3 Å². The molecule has 134 valence electrons. The average molecular weight is 345 g/mol. The Hall–Kier alpha value is -2.70. The van der Waals surface area contributed by atoms with Gasteiger partial charge < -0.3 is 5.32 Å². The Morgan fingerprint density at radius 2 is 1.72 bits per heavy atom. The average Bonchev–Trinajstić information content (AvgIpc) is 2.79. The van der Waals surface area contributed by atoms with Crippen molar-refractivity contribution in [2.24, 2.45) is 0 Å². The first-order chi connectivity index (χ1) is 11.9. The molecule has 1 atom stereocenters. The highest BCUT2D eigenvalue weighted by Crippen LogP contribution is 2.12. The highest BCUT2D eigenvalue weighted by molar-refractivity contribution is 6.45. The maximum atomic E-state index is 12.1. The number of hydrogen-bond donors (Lipinski definition) is 1. The predicted octanol–water partition coefficient (Wildman–Crippen LogP) is 1.32. The van der Waals surface area contributed by atoms with E-state index in [-0.39, 0.29) is 12.6 Å². The fraction of sp³-hybridized carbons (Fsp3) is 0.444. The summed E-state index contributed by atoms with van der Waals surface area (Å²) >= 11 is 0. The highest BCUT2D eigenvalue weighted by Gasteiger charge is 2.44. The summed E-state index contributed by atoms with van der Waals surface area (Å²) in [5, 5.41) is 2.76. The SMILES string of the molecule is CCCN1C(=O)C(=O)N(CC(=O)N[C@@H](C)CCc2ccccc2)C1=O. The summed E-state index contributed by atoms with van der Waals surface area (Å²) < 4.78 is 0. The summed E-state index contributed by atoms with van der Waals surface area (Å²) in [6.07, 6.45) is 2.10. The van der Waals surface area contributed by atoms with E-state index in [4.69, 9.17) is 0 Å². The van der Waals surface area contributed by atoms with Gasteiger partial charge in [-0.1, -0.05) is 37.3 Å². The molecular weight excluding hydrogens is 322 g/mol. The summed E-state index contributed by atoms with van der Waals surface area (Å²) in [6, 6.07) is 9.08. The first-order valence-corrected chi connectivity index (χ1v) is 8.44. The third-order valence-corrected chi connectivity index (χ3v) is 4.00. The first kappa shape index (κ1) is 18.6. The van der Waals surface area contributed by atoms with Crippen molar-refractivity contribution >= 4 is 23.8 Å². The normalized spacial score (nSPS) is 15.7. The van der Waals surface area contributed by atoms with Crippen molar-refractivity contribution in [1.29, 1.82) is 0 Å². The summed E-state index contributed by atoms with van der Waals surface area (Å²) in [6.45, 7) is 3.41. The fourth-order valence-corrected chi connectivity index (χ4v) is 2.67. The topological polar surface area (TPSA) is 86.8 Å². The van der Waals surface area contributed by atoms with Crippen LogP contribution in [0.2, 0.25) is 0 Å². The van der Waals surface area contributed by atoms with Crippen LogP contribution >= 0.6 is 0 Å². The van der Waals surface area contributed by atoms with Crippen LogP contribution < -0.4 is 5.32 Å². The molecule has 0 bridgehead atoms. The van der Waals surface area contributed by atoms with Gasteiger partial charge in [0, 0.05) is 12.6 Å². The number of nitrogens with one attached hydrogen (secondary N) is 1. The molecule has 0 unspecified atom stereocenters. The lowest BCUT2D eigenvalue weighted by molar-refractivity contribution is -0.144. The first-order valence-electron chi connectivity index (χ1n) is 8.44. The van der Waals surface area contributed by atoms with E-state index in [1.54, 1.807) is 6.92 Å². The molecule has 1 aliphatic heterocycles. The van der Waals surface area contributed by atoms with Gasteiger partial charge in [0.25, 0.3) is 0 Å². The molecule has 1 heterocycles. The number of carbonyl (C=O) groups excluding carboxylic acids is 4. The Morgan fingerprint density at radius 3 is 2.36 bits per heavy atom. The molecule has 0 radical (unpaired) electrons. The number of imide groups is 2. The van der Waals surface area contributed by atoms with Gasteiger partial charge in [-0.2, -0.15) is 0 Å². The smallest absolute Gasteiger partial charge is 0.334 e. The Kier molecular flexibility index (Phi) is 6.27. The molecule has 1 aromatic carbocycles. The third kappa shape index (κ3) is 4.65. The van der Waals surface area contributed by atoms with E-state index < -0.39 is 30.3 Å². The molecule has 0 aliphatic carbocycles. The van der Waals surface area contributed by atoms with Crippen LogP contribution in [0.4, 0.5) is 4.79 Å². The second-order valence-electron chi connectivity index (χ2n) is 6.12. The summed E-state index contributed by atoms with van der Waals surface area (Å²) in [4.78, 5) is 49.4. The molecule has 1 N–H and O–H groups in total. The third-order valence-electron chi connectivity index (χ3n) is 4.00. The summed E-state index contributed by atoms with van der Waals surface area (Å²) in [7, 11) is 0. The van der Waals surface area contributed by atoms with Crippen LogP contribution in [0.5, 0.6) is 0 Å². The van der Waals surface area contributed by atoms with Gasteiger partial charge in [0.05, 0.1) is 0 Å². The van der Waals surface area contributed by atoms with Crippen molar-refractivity contribution in [2.45, 2.75) is 39.2 Å². The lowest BCUT2D eigenvalue weighted by Gasteiger charge is -2.17. The molecule has 1 aliphatic rings. The number of benzene rings is 1. The lowest BCUT2D eigenvalue weighted by atomic mass is 10.1. The van der Waals surface area contributed by atoms with Crippen LogP contribution in [-0.4, -0.2) is 52.7 Å². The summed E-state index contributed by atoms with van der Waals surface area (Å²) in [5.74, 6) is -2.25. The van der Waals surface area contributed by atoms with Crippen molar-refractivity contribution in [3.63, 3.8) is 0 Å². The summed E-state index contributed by atoms with van der Waals surface area (Å²) in [5.41, 5.74) is 1.18. The van der Waals surface area contributed by atoms with Crippen LogP contribution in [0.3, 0.4) is 0 Å². The van der Waals surface area contributed by atoms with Gasteiger partial charge in [-0.3, -0.25) is 19.3 Å². The van der Waals surface area contributed by atoms with Gasteiger partial charge in [0.15, 0.2) is 0 Å². The second kappa shape index (κ2) is 8.41. The zero-order chi connectivity index (χ0) is 18.4. The number of rotatable bonds is 8. The molecule has 5 amide bonds. The largest absolute Gasteiger partial charge is 0.352 e. The zero-order valence-corrected chi connectivity index (χ0v) is 14.5. The molecular formula is C18H23N3O4. The minimum Gasteiger partial charge on any atom is -0.352 e. The van der Waals surface area contributed by atoms with E-state index in [1.807, 2.05) is 37.3 Å². The molecule has 7 heteroatoms. The highest BCUT2D eigenvalue weighted by atomic mass is 16.2. The van der Waals surface area contributed by atoms with Gasteiger partial charge in [0.2, 0.25) is 5.91 Å². The lowest BCUT2D eigenvalue weighted by Crippen LogP contribution is -2.44. The zero-order valence-electron chi connectivity index (χ0n) is 14.5. The molecule has 0 aromatic heterocycles.